The van der Waals surface area contributed by atoms with Gasteiger partial charge in [0.15, 0.2) is 0 Å². The lowest BCUT2D eigenvalue weighted by Gasteiger charge is -2.09. The van der Waals surface area contributed by atoms with Gasteiger partial charge < -0.3 is 16.0 Å². The monoisotopic (exact) mass is 202 g/mol. The molecule has 0 saturated heterocycles. The van der Waals surface area contributed by atoms with Gasteiger partial charge in [0.1, 0.15) is 0 Å². The molecule has 3 amide bonds. The van der Waals surface area contributed by atoms with Crippen LogP contribution in [0.3, 0.4) is 0 Å². The summed E-state index contributed by atoms with van der Waals surface area (Å²) in [4.78, 5) is 23.2. The predicted molar refractivity (Wildman–Crippen MR) is 53.8 cm³/mol. The van der Waals surface area contributed by atoms with Crippen LogP contribution >= 0.6 is 0 Å². The Morgan fingerprint density at radius 3 is 2.50 bits per heavy atom. The maximum Gasteiger partial charge on any atom is 0.318 e. The molecule has 0 aromatic carbocycles. The molecule has 0 radical (unpaired) electrons. The van der Waals surface area contributed by atoms with Crippen LogP contribution in [0.1, 0.15) is 6.42 Å². The Hall–Kier alpha value is -1.14. The topological polar surface area (TPSA) is 87.5 Å². The van der Waals surface area contributed by atoms with E-state index < -0.39 is 11.9 Å². The number of hydrogen-bond acceptors (Lipinski definition) is 4. The zero-order chi connectivity index (χ0) is 11.0. The van der Waals surface area contributed by atoms with E-state index in [1.54, 1.807) is 0 Å². The number of nitrogens with zero attached hydrogens (tertiary/aromatic N) is 1. The van der Waals surface area contributed by atoms with Crippen molar-refractivity contribution in [2.75, 3.05) is 33.7 Å². The Morgan fingerprint density at radius 2 is 2.00 bits per heavy atom. The van der Waals surface area contributed by atoms with Crippen molar-refractivity contribution in [3.63, 3.8) is 0 Å². The standard InChI is InChI=1S/C8H18N4O2/c1-12(2)5-3-4-10-6-7(13)11-8(9)14/h10H,3-6H2,1-2H3,(H3,9,11,13,14). The number of hydrogen-bond donors (Lipinski definition) is 3. The van der Waals surface area contributed by atoms with Gasteiger partial charge in [-0.2, -0.15) is 0 Å². The number of urea groups is 1. The van der Waals surface area contributed by atoms with Gasteiger partial charge in [0.05, 0.1) is 6.54 Å². The predicted octanol–water partition coefficient (Wildman–Crippen LogP) is -1.28. The van der Waals surface area contributed by atoms with E-state index in [9.17, 15) is 9.59 Å². The maximum atomic E-state index is 10.9. The normalized spacial score (nSPS) is 10.2. The van der Waals surface area contributed by atoms with Gasteiger partial charge in [-0.25, -0.2) is 4.79 Å². The van der Waals surface area contributed by atoms with E-state index in [2.05, 4.69) is 10.2 Å². The number of carbonyl (C=O) groups excluding carboxylic acids is 2. The second-order valence-corrected chi connectivity index (χ2v) is 3.25. The highest BCUT2D eigenvalue weighted by Crippen LogP contribution is 1.79. The van der Waals surface area contributed by atoms with Crippen LogP contribution in [0.25, 0.3) is 0 Å². The molecule has 0 fully saturated rings. The largest absolute Gasteiger partial charge is 0.351 e. The highest BCUT2D eigenvalue weighted by Gasteiger charge is 2.02. The summed E-state index contributed by atoms with van der Waals surface area (Å²) in [5.74, 6) is -0.401. The van der Waals surface area contributed by atoms with Crippen LogP contribution in [0.5, 0.6) is 0 Å². The van der Waals surface area contributed by atoms with Crippen LogP contribution in [-0.4, -0.2) is 50.6 Å². The van der Waals surface area contributed by atoms with Gasteiger partial charge >= 0.3 is 6.03 Å². The summed E-state index contributed by atoms with van der Waals surface area (Å²) < 4.78 is 0. The first kappa shape index (κ1) is 12.9. The molecule has 6 nitrogen and oxygen atoms in total. The van der Waals surface area contributed by atoms with Crippen LogP contribution in [0, 0.1) is 0 Å². The summed E-state index contributed by atoms with van der Waals surface area (Å²) in [6.07, 6.45) is 0.955. The summed E-state index contributed by atoms with van der Waals surface area (Å²) >= 11 is 0. The Labute approximate surface area is 83.8 Å². The van der Waals surface area contributed by atoms with Crippen molar-refractivity contribution >= 4 is 11.9 Å². The number of primary amides is 1. The Morgan fingerprint density at radius 1 is 1.36 bits per heavy atom. The highest BCUT2D eigenvalue weighted by molar-refractivity contribution is 5.94. The zero-order valence-electron chi connectivity index (χ0n) is 8.67. The fourth-order valence-corrected chi connectivity index (χ4v) is 0.904. The van der Waals surface area contributed by atoms with Crippen molar-refractivity contribution < 1.29 is 9.59 Å². The van der Waals surface area contributed by atoms with E-state index in [4.69, 9.17) is 5.73 Å². The number of nitrogens with one attached hydrogen (secondary N) is 2. The lowest BCUT2D eigenvalue weighted by molar-refractivity contribution is -0.119. The Balaban J connectivity index is 3.27. The van der Waals surface area contributed by atoms with Crippen LogP contribution < -0.4 is 16.4 Å². The van der Waals surface area contributed by atoms with E-state index in [1.165, 1.54) is 0 Å². The van der Waals surface area contributed by atoms with E-state index in [1.807, 2.05) is 19.4 Å². The first-order valence-corrected chi connectivity index (χ1v) is 4.47. The van der Waals surface area contributed by atoms with Crippen LogP contribution in [0.15, 0.2) is 0 Å². The van der Waals surface area contributed by atoms with Gasteiger partial charge in [-0.1, -0.05) is 0 Å². The molecule has 0 aromatic heterocycles. The molecule has 14 heavy (non-hydrogen) atoms. The van der Waals surface area contributed by atoms with Gasteiger partial charge in [-0.3, -0.25) is 10.1 Å². The summed E-state index contributed by atoms with van der Waals surface area (Å²) in [6, 6.07) is -0.815. The average Bonchev–Trinajstić information content (AvgIpc) is 2.01. The van der Waals surface area contributed by atoms with Crippen molar-refractivity contribution in [1.29, 1.82) is 0 Å². The number of amides is 3. The minimum absolute atomic E-state index is 0.121. The van der Waals surface area contributed by atoms with E-state index in [-0.39, 0.29) is 6.54 Å². The number of rotatable bonds is 6. The lowest BCUT2D eigenvalue weighted by atomic mass is 10.4. The first-order chi connectivity index (χ1) is 6.52. The highest BCUT2D eigenvalue weighted by atomic mass is 16.2. The molecule has 0 aliphatic carbocycles. The minimum atomic E-state index is -0.815. The van der Waals surface area contributed by atoms with Crippen molar-refractivity contribution in [3.05, 3.63) is 0 Å². The van der Waals surface area contributed by atoms with Crippen molar-refractivity contribution in [1.82, 2.24) is 15.5 Å². The van der Waals surface area contributed by atoms with E-state index in [0.29, 0.717) is 0 Å². The molecule has 0 saturated carbocycles. The molecular weight excluding hydrogens is 184 g/mol. The van der Waals surface area contributed by atoms with Gasteiger partial charge in [0.2, 0.25) is 5.91 Å². The van der Waals surface area contributed by atoms with E-state index >= 15 is 0 Å². The molecule has 0 aliphatic heterocycles. The SMILES string of the molecule is CN(C)CCCNCC(=O)NC(N)=O. The average molecular weight is 202 g/mol. The lowest BCUT2D eigenvalue weighted by Crippen LogP contribution is -2.41. The summed E-state index contributed by atoms with van der Waals surface area (Å²) in [5.41, 5.74) is 4.76. The number of carbonyl (C=O) groups is 2. The first-order valence-electron chi connectivity index (χ1n) is 4.47. The third-order valence-corrected chi connectivity index (χ3v) is 1.51. The second-order valence-electron chi connectivity index (χ2n) is 3.25. The third-order valence-electron chi connectivity index (χ3n) is 1.51. The van der Waals surface area contributed by atoms with Crippen molar-refractivity contribution in [3.8, 4) is 0 Å². The smallest absolute Gasteiger partial charge is 0.318 e. The molecule has 0 unspecified atom stereocenters. The van der Waals surface area contributed by atoms with Gasteiger partial charge in [-0.05, 0) is 33.6 Å². The van der Waals surface area contributed by atoms with Crippen molar-refractivity contribution in [2.45, 2.75) is 6.42 Å². The molecule has 0 heterocycles. The number of imide groups is 1. The summed E-state index contributed by atoms with van der Waals surface area (Å²) in [7, 11) is 3.97. The van der Waals surface area contributed by atoms with Gasteiger partial charge in [-0.15, -0.1) is 0 Å². The molecule has 0 atom stereocenters. The molecular formula is C8H18N4O2. The zero-order valence-corrected chi connectivity index (χ0v) is 8.67. The second kappa shape index (κ2) is 7.28. The van der Waals surface area contributed by atoms with Crippen molar-refractivity contribution in [2.24, 2.45) is 5.73 Å². The summed E-state index contributed by atoms with van der Waals surface area (Å²) in [5, 5.41) is 4.87. The van der Waals surface area contributed by atoms with Crippen LogP contribution in [0.2, 0.25) is 0 Å². The Bertz CT molecular complexity index is 194. The quantitative estimate of drug-likeness (QED) is 0.468. The fourth-order valence-electron chi connectivity index (χ4n) is 0.904. The molecule has 82 valence electrons. The Kier molecular flexibility index (Phi) is 6.69. The van der Waals surface area contributed by atoms with Crippen LogP contribution in [0.4, 0.5) is 4.79 Å². The number of nitrogens with two attached hydrogens (primary N) is 1. The molecule has 0 spiro atoms. The minimum Gasteiger partial charge on any atom is -0.351 e. The molecule has 0 aliphatic rings. The van der Waals surface area contributed by atoms with Gasteiger partial charge in [0, 0.05) is 0 Å². The molecule has 4 N–H and O–H groups in total. The van der Waals surface area contributed by atoms with Crippen LogP contribution in [-0.2, 0) is 4.79 Å². The molecule has 0 bridgehead atoms. The summed E-state index contributed by atoms with van der Waals surface area (Å²) in [6.45, 7) is 1.82. The molecule has 0 aromatic rings. The third kappa shape index (κ3) is 8.95. The molecule has 0 rings (SSSR count). The fraction of sp³-hybridized carbons (Fsp3) is 0.750. The maximum absolute atomic E-state index is 10.9. The molecule has 6 heteroatoms. The van der Waals surface area contributed by atoms with Gasteiger partial charge in [0.25, 0.3) is 0 Å². The van der Waals surface area contributed by atoms with E-state index in [0.717, 1.165) is 19.5 Å².